The van der Waals surface area contributed by atoms with Crippen LogP contribution in [0.2, 0.25) is 0 Å². The van der Waals surface area contributed by atoms with Gasteiger partial charge in [0.2, 0.25) is 0 Å². The molecule has 1 aromatic rings. The Hall–Kier alpha value is -1.55. The molecule has 0 aliphatic rings. The van der Waals surface area contributed by atoms with Crippen LogP contribution >= 0.6 is 0 Å². The van der Waals surface area contributed by atoms with Gasteiger partial charge in [0.15, 0.2) is 6.79 Å². The minimum Gasteiger partial charge on any atom is -0.407 e. The molecule has 0 saturated carbocycles. The number of carbonyl (C=O) groups is 1. The Balaban J connectivity index is 2.21. The highest BCUT2D eigenvalue weighted by molar-refractivity contribution is 5.63. The molecule has 0 fully saturated rings. The first kappa shape index (κ1) is 12.5. The van der Waals surface area contributed by atoms with Crippen molar-refractivity contribution in [1.29, 1.82) is 0 Å². The van der Waals surface area contributed by atoms with Crippen LogP contribution in [0.15, 0.2) is 30.3 Å². The van der Waals surface area contributed by atoms with Gasteiger partial charge in [0.1, 0.15) is 5.75 Å². The fourth-order valence-corrected chi connectivity index (χ4v) is 0.930. The molecule has 0 saturated heterocycles. The lowest BCUT2D eigenvalue weighted by atomic mass is 10.3. The quantitative estimate of drug-likeness (QED) is 0.438. The standard InChI is InChI=1S/C12H16O4/c1-3-10(2)14-9-15-12(13)16-11-7-5-4-6-8-11/h4-8,10H,3,9H2,1-2H3. The molecule has 0 aliphatic carbocycles. The summed E-state index contributed by atoms with van der Waals surface area (Å²) in [5, 5.41) is 0. The molecule has 1 unspecified atom stereocenters. The van der Waals surface area contributed by atoms with Gasteiger partial charge >= 0.3 is 6.16 Å². The molecule has 1 aromatic carbocycles. The highest BCUT2D eigenvalue weighted by Gasteiger charge is 2.06. The van der Waals surface area contributed by atoms with E-state index in [1.54, 1.807) is 24.3 Å². The second-order valence-corrected chi connectivity index (χ2v) is 3.31. The molecule has 16 heavy (non-hydrogen) atoms. The highest BCUT2D eigenvalue weighted by Crippen LogP contribution is 2.09. The Morgan fingerprint density at radius 2 is 2.00 bits per heavy atom. The lowest BCUT2D eigenvalue weighted by molar-refractivity contribution is -0.0621. The summed E-state index contributed by atoms with van der Waals surface area (Å²) in [6.45, 7) is 3.82. The smallest absolute Gasteiger partial charge is 0.407 e. The first-order chi connectivity index (χ1) is 7.72. The van der Waals surface area contributed by atoms with E-state index in [4.69, 9.17) is 14.2 Å². The zero-order valence-corrected chi connectivity index (χ0v) is 9.51. The van der Waals surface area contributed by atoms with E-state index in [1.165, 1.54) is 0 Å². The molecular weight excluding hydrogens is 208 g/mol. The number of hydrogen-bond donors (Lipinski definition) is 0. The van der Waals surface area contributed by atoms with Crippen LogP contribution in [-0.4, -0.2) is 19.1 Å². The SMILES string of the molecule is CCC(C)OCOC(=O)Oc1ccccc1. The molecule has 1 atom stereocenters. The molecule has 0 amide bonds. The monoisotopic (exact) mass is 224 g/mol. The van der Waals surface area contributed by atoms with Gasteiger partial charge in [-0.05, 0) is 25.5 Å². The summed E-state index contributed by atoms with van der Waals surface area (Å²) in [4.78, 5) is 11.2. The van der Waals surface area contributed by atoms with Crippen LogP contribution in [0.1, 0.15) is 20.3 Å². The van der Waals surface area contributed by atoms with Gasteiger partial charge in [0.25, 0.3) is 0 Å². The number of rotatable bonds is 5. The Morgan fingerprint density at radius 1 is 1.31 bits per heavy atom. The number of ether oxygens (including phenoxy) is 3. The van der Waals surface area contributed by atoms with Crippen LogP contribution in [-0.2, 0) is 9.47 Å². The van der Waals surface area contributed by atoms with E-state index in [-0.39, 0.29) is 12.9 Å². The molecule has 4 heteroatoms. The number of benzene rings is 1. The van der Waals surface area contributed by atoms with Crippen LogP contribution < -0.4 is 4.74 Å². The summed E-state index contributed by atoms with van der Waals surface area (Å²) in [5.74, 6) is 0.455. The summed E-state index contributed by atoms with van der Waals surface area (Å²) in [6.07, 6.45) is 0.191. The zero-order chi connectivity index (χ0) is 11.8. The zero-order valence-electron chi connectivity index (χ0n) is 9.51. The molecule has 0 N–H and O–H groups in total. The maximum atomic E-state index is 11.2. The van der Waals surface area contributed by atoms with E-state index in [1.807, 2.05) is 19.9 Å². The summed E-state index contributed by atoms with van der Waals surface area (Å²) < 4.78 is 14.8. The van der Waals surface area contributed by atoms with Gasteiger partial charge in [0, 0.05) is 0 Å². The van der Waals surface area contributed by atoms with E-state index in [0.29, 0.717) is 5.75 Å². The number of hydrogen-bond acceptors (Lipinski definition) is 4. The molecule has 88 valence electrons. The van der Waals surface area contributed by atoms with Crippen molar-refractivity contribution in [2.75, 3.05) is 6.79 Å². The Labute approximate surface area is 95.1 Å². The third-order valence-corrected chi connectivity index (χ3v) is 2.05. The molecule has 0 radical (unpaired) electrons. The van der Waals surface area contributed by atoms with Crippen LogP contribution in [0.4, 0.5) is 4.79 Å². The second kappa shape index (κ2) is 6.85. The fraction of sp³-hybridized carbons (Fsp3) is 0.417. The molecule has 0 bridgehead atoms. The molecule has 1 rings (SSSR count). The first-order valence-electron chi connectivity index (χ1n) is 5.23. The van der Waals surface area contributed by atoms with Crippen molar-refractivity contribution in [3.63, 3.8) is 0 Å². The van der Waals surface area contributed by atoms with Gasteiger partial charge < -0.3 is 14.2 Å². The normalized spacial score (nSPS) is 11.9. The molecule has 4 nitrogen and oxygen atoms in total. The molecule has 0 heterocycles. The number of carbonyl (C=O) groups excluding carboxylic acids is 1. The first-order valence-corrected chi connectivity index (χ1v) is 5.23. The minimum atomic E-state index is -0.755. The van der Waals surface area contributed by atoms with Crippen molar-refractivity contribution in [2.24, 2.45) is 0 Å². The summed E-state index contributed by atoms with van der Waals surface area (Å²) in [7, 11) is 0. The van der Waals surface area contributed by atoms with Crippen LogP contribution in [0.5, 0.6) is 5.75 Å². The molecule has 0 aliphatic heterocycles. The van der Waals surface area contributed by atoms with Gasteiger partial charge in [-0.1, -0.05) is 25.1 Å². The highest BCUT2D eigenvalue weighted by atomic mass is 16.8. The maximum absolute atomic E-state index is 11.2. The lowest BCUT2D eigenvalue weighted by Gasteiger charge is -2.10. The van der Waals surface area contributed by atoms with Crippen LogP contribution in [0.25, 0.3) is 0 Å². The lowest BCUT2D eigenvalue weighted by Crippen LogP contribution is -2.16. The summed E-state index contributed by atoms with van der Waals surface area (Å²) >= 11 is 0. The Morgan fingerprint density at radius 3 is 2.62 bits per heavy atom. The van der Waals surface area contributed by atoms with Crippen LogP contribution in [0.3, 0.4) is 0 Å². The van der Waals surface area contributed by atoms with Crippen molar-refractivity contribution in [1.82, 2.24) is 0 Å². The van der Waals surface area contributed by atoms with Gasteiger partial charge in [-0.15, -0.1) is 0 Å². The number of para-hydroxylation sites is 1. The van der Waals surface area contributed by atoms with Gasteiger partial charge in [-0.2, -0.15) is 0 Å². The predicted molar refractivity (Wildman–Crippen MR) is 59.3 cm³/mol. The van der Waals surface area contributed by atoms with E-state index in [9.17, 15) is 4.79 Å². The van der Waals surface area contributed by atoms with Gasteiger partial charge in [-0.3, -0.25) is 0 Å². The van der Waals surface area contributed by atoms with E-state index < -0.39 is 6.16 Å². The maximum Gasteiger partial charge on any atom is 0.515 e. The Bertz CT molecular complexity index is 310. The Kier molecular flexibility index (Phi) is 5.36. The van der Waals surface area contributed by atoms with Crippen molar-refractivity contribution in [3.05, 3.63) is 30.3 Å². The molecule has 0 spiro atoms. The summed E-state index contributed by atoms with van der Waals surface area (Å²) in [6, 6.07) is 8.74. The third kappa shape index (κ3) is 4.79. The predicted octanol–water partition coefficient (Wildman–Crippen LogP) is 2.97. The minimum absolute atomic E-state index is 0.0736. The fourth-order valence-electron chi connectivity index (χ4n) is 0.930. The van der Waals surface area contributed by atoms with Gasteiger partial charge in [0.05, 0.1) is 6.10 Å². The molecule has 0 aromatic heterocycles. The van der Waals surface area contributed by atoms with E-state index >= 15 is 0 Å². The van der Waals surface area contributed by atoms with Crippen molar-refractivity contribution in [3.8, 4) is 5.75 Å². The average molecular weight is 224 g/mol. The van der Waals surface area contributed by atoms with E-state index in [2.05, 4.69) is 0 Å². The molecular formula is C12H16O4. The van der Waals surface area contributed by atoms with E-state index in [0.717, 1.165) is 6.42 Å². The third-order valence-electron chi connectivity index (χ3n) is 2.05. The summed E-state index contributed by atoms with van der Waals surface area (Å²) in [5.41, 5.74) is 0. The topological polar surface area (TPSA) is 44.8 Å². The van der Waals surface area contributed by atoms with Crippen molar-refractivity contribution < 1.29 is 19.0 Å². The van der Waals surface area contributed by atoms with Crippen LogP contribution in [0, 0.1) is 0 Å². The van der Waals surface area contributed by atoms with Crippen molar-refractivity contribution >= 4 is 6.16 Å². The van der Waals surface area contributed by atoms with Crippen molar-refractivity contribution in [2.45, 2.75) is 26.4 Å². The average Bonchev–Trinajstić information content (AvgIpc) is 2.30. The largest absolute Gasteiger partial charge is 0.515 e. The second-order valence-electron chi connectivity index (χ2n) is 3.31. The van der Waals surface area contributed by atoms with Gasteiger partial charge in [-0.25, -0.2) is 4.79 Å².